The third-order valence-electron chi connectivity index (χ3n) is 4.18. The van der Waals surface area contributed by atoms with Crippen molar-refractivity contribution in [3.8, 4) is 0 Å². The van der Waals surface area contributed by atoms with Crippen molar-refractivity contribution >= 4 is 0 Å². The molecule has 3 heteroatoms. The van der Waals surface area contributed by atoms with Crippen molar-refractivity contribution in [1.82, 2.24) is 10.2 Å². The fourth-order valence-corrected chi connectivity index (χ4v) is 2.83. The first-order chi connectivity index (χ1) is 9.16. The van der Waals surface area contributed by atoms with Crippen LogP contribution in [0.4, 0.5) is 4.39 Å². The highest BCUT2D eigenvalue weighted by Gasteiger charge is 2.17. The second-order valence-electron chi connectivity index (χ2n) is 5.66. The lowest BCUT2D eigenvalue weighted by Gasteiger charge is -2.32. The van der Waals surface area contributed by atoms with Crippen molar-refractivity contribution in [1.29, 1.82) is 0 Å². The summed E-state index contributed by atoms with van der Waals surface area (Å²) in [6.07, 6.45) is 4.97. The van der Waals surface area contributed by atoms with Crippen molar-refractivity contribution in [2.75, 3.05) is 26.7 Å². The molecule has 1 unspecified atom stereocenters. The average Bonchev–Trinajstić information content (AvgIpc) is 2.38. The largest absolute Gasteiger partial charge is 0.315 e. The molecule has 0 aromatic heterocycles. The Hall–Kier alpha value is -0.930. The molecular formula is C16H25FN2. The van der Waals surface area contributed by atoms with Gasteiger partial charge in [-0.3, -0.25) is 0 Å². The van der Waals surface area contributed by atoms with Crippen LogP contribution in [-0.2, 0) is 6.42 Å². The molecule has 2 nitrogen and oxygen atoms in total. The Morgan fingerprint density at radius 3 is 2.95 bits per heavy atom. The number of aryl methyl sites for hydroxylation is 1. The Labute approximate surface area is 116 Å². The van der Waals surface area contributed by atoms with Crippen molar-refractivity contribution in [2.45, 2.75) is 38.6 Å². The highest BCUT2D eigenvalue weighted by Crippen LogP contribution is 2.14. The molecule has 0 radical (unpaired) electrons. The molecule has 0 spiro atoms. The first kappa shape index (κ1) is 14.5. The van der Waals surface area contributed by atoms with Gasteiger partial charge in [0.25, 0.3) is 0 Å². The normalized spacial score (nSPS) is 20.7. The number of likely N-dealkylation sites (N-methyl/N-ethyl adjacent to an activating group) is 1. The zero-order chi connectivity index (χ0) is 13.7. The van der Waals surface area contributed by atoms with Crippen molar-refractivity contribution in [3.63, 3.8) is 0 Å². The molecule has 1 aromatic rings. The van der Waals surface area contributed by atoms with E-state index in [-0.39, 0.29) is 5.82 Å². The van der Waals surface area contributed by atoms with Crippen LogP contribution in [0.5, 0.6) is 0 Å². The van der Waals surface area contributed by atoms with E-state index in [4.69, 9.17) is 0 Å². The predicted octanol–water partition coefficient (Wildman–Crippen LogP) is 2.75. The van der Waals surface area contributed by atoms with E-state index in [1.54, 1.807) is 12.1 Å². The summed E-state index contributed by atoms with van der Waals surface area (Å²) in [4.78, 5) is 2.46. The van der Waals surface area contributed by atoms with Gasteiger partial charge in [0.15, 0.2) is 0 Å². The first-order valence-electron chi connectivity index (χ1n) is 7.33. The number of rotatable bonds is 5. The minimum atomic E-state index is -0.141. The van der Waals surface area contributed by atoms with Gasteiger partial charge >= 0.3 is 0 Å². The van der Waals surface area contributed by atoms with Crippen LogP contribution < -0.4 is 5.32 Å². The number of hydrogen-bond donors (Lipinski definition) is 1. The molecule has 0 saturated carbocycles. The summed E-state index contributed by atoms with van der Waals surface area (Å²) in [6.45, 7) is 5.24. The number of halogens is 1. The van der Waals surface area contributed by atoms with Gasteiger partial charge in [0.1, 0.15) is 5.82 Å². The third kappa shape index (κ3) is 4.29. The highest BCUT2D eigenvalue weighted by molar-refractivity contribution is 5.26. The van der Waals surface area contributed by atoms with Gasteiger partial charge in [-0.2, -0.15) is 0 Å². The zero-order valence-corrected chi connectivity index (χ0v) is 12.1. The first-order valence-corrected chi connectivity index (χ1v) is 7.33. The van der Waals surface area contributed by atoms with Gasteiger partial charge in [-0.15, -0.1) is 0 Å². The van der Waals surface area contributed by atoms with E-state index in [1.807, 2.05) is 13.0 Å². The molecular weight excluding hydrogens is 239 g/mol. The lowest BCUT2D eigenvalue weighted by Crippen LogP contribution is -2.43. The van der Waals surface area contributed by atoms with E-state index in [1.165, 1.54) is 31.4 Å². The molecule has 0 amide bonds. The Balaban J connectivity index is 1.71. The van der Waals surface area contributed by atoms with Gasteiger partial charge in [-0.05, 0) is 69.6 Å². The average molecular weight is 264 g/mol. The summed E-state index contributed by atoms with van der Waals surface area (Å²) in [6, 6.07) is 5.75. The Morgan fingerprint density at radius 1 is 1.37 bits per heavy atom. The van der Waals surface area contributed by atoms with Gasteiger partial charge in [0, 0.05) is 12.6 Å². The topological polar surface area (TPSA) is 15.3 Å². The zero-order valence-electron chi connectivity index (χ0n) is 12.1. The SMILES string of the molecule is Cc1cc(F)ccc1CCNCC1CCCCN1C. The Kier molecular flexibility index (Phi) is 5.34. The predicted molar refractivity (Wildman–Crippen MR) is 78.0 cm³/mol. The van der Waals surface area contributed by atoms with Crippen LogP contribution in [0.3, 0.4) is 0 Å². The van der Waals surface area contributed by atoms with Gasteiger partial charge in [-0.1, -0.05) is 12.5 Å². The van der Waals surface area contributed by atoms with E-state index in [2.05, 4.69) is 17.3 Å². The number of hydrogen-bond acceptors (Lipinski definition) is 2. The van der Waals surface area contributed by atoms with Gasteiger partial charge < -0.3 is 10.2 Å². The Morgan fingerprint density at radius 2 is 2.21 bits per heavy atom. The summed E-state index contributed by atoms with van der Waals surface area (Å²) in [5, 5.41) is 3.54. The lowest BCUT2D eigenvalue weighted by atomic mass is 10.0. The smallest absolute Gasteiger partial charge is 0.123 e. The third-order valence-corrected chi connectivity index (χ3v) is 4.18. The molecule has 106 valence electrons. The fraction of sp³-hybridized carbons (Fsp3) is 0.625. The fourth-order valence-electron chi connectivity index (χ4n) is 2.83. The van der Waals surface area contributed by atoms with E-state index in [0.717, 1.165) is 25.1 Å². The second kappa shape index (κ2) is 7.01. The molecule has 1 aliphatic rings. The van der Waals surface area contributed by atoms with Crippen molar-refractivity contribution in [3.05, 3.63) is 35.1 Å². The number of likely N-dealkylation sites (tertiary alicyclic amines) is 1. The number of benzene rings is 1. The Bertz CT molecular complexity index is 406. The van der Waals surface area contributed by atoms with Crippen LogP contribution in [0, 0.1) is 12.7 Å². The summed E-state index contributed by atoms with van der Waals surface area (Å²) in [7, 11) is 2.22. The molecule has 1 saturated heterocycles. The molecule has 1 atom stereocenters. The van der Waals surface area contributed by atoms with Crippen LogP contribution in [0.1, 0.15) is 30.4 Å². The molecule has 1 aromatic carbocycles. The maximum atomic E-state index is 13.0. The molecule has 1 aliphatic heterocycles. The molecule has 0 aliphatic carbocycles. The maximum Gasteiger partial charge on any atom is 0.123 e. The minimum Gasteiger partial charge on any atom is -0.315 e. The molecule has 1 N–H and O–H groups in total. The van der Waals surface area contributed by atoms with Crippen molar-refractivity contribution in [2.24, 2.45) is 0 Å². The van der Waals surface area contributed by atoms with E-state index in [0.29, 0.717) is 6.04 Å². The number of piperidine rings is 1. The number of nitrogens with zero attached hydrogens (tertiary/aromatic N) is 1. The highest BCUT2D eigenvalue weighted by atomic mass is 19.1. The minimum absolute atomic E-state index is 0.141. The lowest BCUT2D eigenvalue weighted by molar-refractivity contribution is 0.182. The van der Waals surface area contributed by atoms with Crippen LogP contribution in [0.15, 0.2) is 18.2 Å². The number of nitrogens with one attached hydrogen (secondary N) is 1. The van der Waals surface area contributed by atoms with E-state index in [9.17, 15) is 4.39 Å². The standard InChI is InChI=1S/C16H25FN2/c1-13-11-15(17)7-6-14(13)8-9-18-12-16-5-3-4-10-19(16)2/h6-7,11,16,18H,3-5,8-10,12H2,1-2H3. The van der Waals surface area contributed by atoms with Crippen LogP contribution in [0.25, 0.3) is 0 Å². The summed E-state index contributed by atoms with van der Waals surface area (Å²) >= 11 is 0. The van der Waals surface area contributed by atoms with Crippen LogP contribution >= 0.6 is 0 Å². The molecule has 1 fully saturated rings. The van der Waals surface area contributed by atoms with Crippen LogP contribution in [-0.4, -0.2) is 37.6 Å². The summed E-state index contributed by atoms with van der Waals surface area (Å²) in [5.41, 5.74) is 2.29. The molecule has 19 heavy (non-hydrogen) atoms. The van der Waals surface area contributed by atoms with Crippen LogP contribution in [0.2, 0.25) is 0 Å². The molecule has 2 rings (SSSR count). The maximum absolute atomic E-state index is 13.0. The molecule has 0 bridgehead atoms. The second-order valence-corrected chi connectivity index (χ2v) is 5.66. The van der Waals surface area contributed by atoms with Crippen molar-refractivity contribution < 1.29 is 4.39 Å². The monoisotopic (exact) mass is 264 g/mol. The van der Waals surface area contributed by atoms with Gasteiger partial charge in [-0.25, -0.2) is 4.39 Å². The van der Waals surface area contributed by atoms with Gasteiger partial charge in [0.2, 0.25) is 0 Å². The quantitative estimate of drug-likeness (QED) is 0.823. The summed E-state index contributed by atoms with van der Waals surface area (Å²) < 4.78 is 13.0. The summed E-state index contributed by atoms with van der Waals surface area (Å²) in [5.74, 6) is -0.141. The van der Waals surface area contributed by atoms with Gasteiger partial charge in [0.05, 0.1) is 0 Å². The van der Waals surface area contributed by atoms with E-state index < -0.39 is 0 Å². The van der Waals surface area contributed by atoms with E-state index >= 15 is 0 Å². The molecule has 1 heterocycles.